The predicted octanol–water partition coefficient (Wildman–Crippen LogP) is 1.28. The van der Waals surface area contributed by atoms with Crippen molar-refractivity contribution in [3.05, 3.63) is 35.4 Å². The SMILES string of the molecule is N=C(N)c1ccc(COC2CCOC2)cc1. The highest BCUT2D eigenvalue weighted by Gasteiger charge is 2.15. The zero-order chi connectivity index (χ0) is 11.4. The van der Waals surface area contributed by atoms with Crippen LogP contribution in [0.4, 0.5) is 0 Å². The zero-order valence-corrected chi connectivity index (χ0v) is 9.11. The fraction of sp³-hybridized carbons (Fsp3) is 0.417. The number of nitrogen functional groups attached to an aromatic ring is 1. The van der Waals surface area contributed by atoms with Crippen molar-refractivity contribution in [3.8, 4) is 0 Å². The molecular weight excluding hydrogens is 204 g/mol. The Labute approximate surface area is 94.9 Å². The largest absolute Gasteiger partial charge is 0.384 e. The number of nitrogens with one attached hydrogen (secondary N) is 1. The summed E-state index contributed by atoms with van der Waals surface area (Å²) >= 11 is 0. The first-order valence-electron chi connectivity index (χ1n) is 5.38. The fourth-order valence-corrected chi connectivity index (χ4v) is 1.64. The van der Waals surface area contributed by atoms with E-state index in [1.54, 1.807) is 0 Å². The Morgan fingerprint density at radius 3 is 2.75 bits per heavy atom. The maximum Gasteiger partial charge on any atom is 0.122 e. The molecule has 4 heteroatoms. The van der Waals surface area contributed by atoms with Gasteiger partial charge in [0.25, 0.3) is 0 Å². The summed E-state index contributed by atoms with van der Waals surface area (Å²) in [6.45, 7) is 2.09. The predicted molar refractivity (Wildman–Crippen MR) is 61.5 cm³/mol. The van der Waals surface area contributed by atoms with Crippen LogP contribution in [0, 0.1) is 5.41 Å². The number of hydrogen-bond acceptors (Lipinski definition) is 3. The van der Waals surface area contributed by atoms with Gasteiger partial charge in [0.1, 0.15) is 5.84 Å². The Kier molecular flexibility index (Phi) is 3.54. The molecule has 1 heterocycles. The van der Waals surface area contributed by atoms with Gasteiger partial charge in [-0.3, -0.25) is 5.41 Å². The lowest BCUT2D eigenvalue weighted by molar-refractivity contribution is 0.0317. The van der Waals surface area contributed by atoms with Crippen molar-refractivity contribution in [1.82, 2.24) is 0 Å². The number of ether oxygens (including phenoxy) is 2. The Morgan fingerprint density at radius 2 is 2.19 bits per heavy atom. The van der Waals surface area contributed by atoms with E-state index in [1.165, 1.54) is 0 Å². The molecule has 1 aliphatic heterocycles. The second-order valence-electron chi connectivity index (χ2n) is 3.91. The van der Waals surface area contributed by atoms with E-state index >= 15 is 0 Å². The lowest BCUT2D eigenvalue weighted by atomic mass is 10.1. The van der Waals surface area contributed by atoms with Crippen LogP contribution in [0.1, 0.15) is 17.5 Å². The number of amidine groups is 1. The quantitative estimate of drug-likeness (QED) is 0.593. The highest BCUT2D eigenvalue weighted by atomic mass is 16.5. The van der Waals surface area contributed by atoms with Gasteiger partial charge in [-0.15, -0.1) is 0 Å². The molecule has 1 saturated heterocycles. The van der Waals surface area contributed by atoms with E-state index in [0.717, 1.165) is 24.2 Å². The molecule has 16 heavy (non-hydrogen) atoms. The third-order valence-electron chi connectivity index (χ3n) is 2.64. The van der Waals surface area contributed by atoms with Crippen LogP contribution in [0.15, 0.2) is 24.3 Å². The molecule has 0 aliphatic carbocycles. The van der Waals surface area contributed by atoms with E-state index < -0.39 is 0 Å². The van der Waals surface area contributed by atoms with E-state index in [2.05, 4.69) is 0 Å². The number of benzene rings is 1. The summed E-state index contributed by atoms with van der Waals surface area (Å²) in [6, 6.07) is 7.55. The topological polar surface area (TPSA) is 68.3 Å². The smallest absolute Gasteiger partial charge is 0.122 e. The summed E-state index contributed by atoms with van der Waals surface area (Å²) in [4.78, 5) is 0. The first kappa shape index (κ1) is 11.1. The van der Waals surface area contributed by atoms with Crippen LogP contribution >= 0.6 is 0 Å². The lowest BCUT2D eigenvalue weighted by Gasteiger charge is -2.09. The van der Waals surface area contributed by atoms with E-state index in [4.69, 9.17) is 20.6 Å². The van der Waals surface area contributed by atoms with Crippen molar-refractivity contribution in [3.63, 3.8) is 0 Å². The minimum Gasteiger partial charge on any atom is -0.384 e. The first-order valence-corrected chi connectivity index (χ1v) is 5.38. The molecule has 3 N–H and O–H groups in total. The second kappa shape index (κ2) is 5.09. The average Bonchev–Trinajstić information content (AvgIpc) is 2.80. The number of nitrogens with two attached hydrogens (primary N) is 1. The van der Waals surface area contributed by atoms with Gasteiger partial charge in [0.15, 0.2) is 0 Å². The summed E-state index contributed by atoms with van der Waals surface area (Å²) in [5.41, 5.74) is 7.21. The Balaban J connectivity index is 1.87. The standard InChI is InChI=1S/C12H16N2O2/c13-12(14)10-3-1-9(2-4-10)7-16-11-5-6-15-8-11/h1-4,11H,5-8H2,(H3,13,14). The summed E-state index contributed by atoms with van der Waals surface area (Å²) < 4.78 is 10.9. The van der Waals surface area contributed by atoms with Gasteiger partial charge in [-0.1, -0.05) is 24.3 Å². The molecule has 1 aliphatic rings. The highest BCUT2D eigenvalue weighted by molar-refractivity contribution is 5.94. The maximum absolute atomic E-state index is 7.27. The van der Waals surface area contributed by atoms with Crippen LogP contribution in [0.5, 0.6) is 0 Å². The van der Waals surface area contributed by atoms with Crippen molar-refractivity contribution >= 4 is 5.84 Å². The molecule has 2 rings (SSSR count). The Morgan fingerprint density at radius 1 is 1.44 bits per heavy atom. The molecule has 0 aromatic heterocycles. The first-order chi connectivity index (χ1) is 7.75. The fourth-order valence-electron chi connectivity index (χ4n) is 1.64. The maximum atomic E-state index is 7.27. The third-order valence-corrected chi connectivity index (χ3v) is 2.64. The van der Waals surface area contributed by atoms with Gasteiger partial charge >= 0.3 is 0 Å². The van der Waals surface area contributed by atoms with E-state index in [0.29, 0.717) is 13.2 Å². The molecule has 0 spiro atoms. The van der Waals surface area contributed by atoms with E-state index in [1.807, 2.05) is 24.3 Å². The molecule has 86 valence electrons. The minimum atomic E-state index is 0.0941. The Hall–Kier alpha value is -1.39. The van der Waals surface area contributed by atoms with Crippen molar-refractivity contribution in [2.75, 3.05) is 13.2 Å². The molecule has 0 bridgehead atoms. The average molecular weight is 220 g/mol. The molecule has 1 aromatic carbocycles. The van der Waals surface area contributed by atoms with Gasteiger partial charge < -0.3 is 15.2 Å². The Bertz CT molecular complexity index is 356. The monoisotopic (exact) mass is 220 g/mol. The summed E-state index contributed by atoms with van der Waals surface area (Å²) in [6.07, 6.45) is 1.21. The normalized spacial score (nSPS) is 19.9. The van der Waals surface area contributed by atoms with E-state index in [9.17, 15) is 0 Å². The number of rotatable bonds is 4. The van der Waals surface area contributed by atoms with Gasteiger partial charge in [0.2, 0.25) is 0 Å². The molecule has 1 unspecified atom stereocenters. The van der Waals surface area contributed by atoms with Crippen LogP contribution in [0.25, 0.3) is 0 Å². The molecular formula is C12H16N2O2. The van der Waals surface area contributed by atoms with Crippen LogP contribution in [-0.2, 0) is 16.1 Å². The van der Waals surface area contributed by atoms with Crippen LogP contribution < -0.4 is 5.73 Å². The summed E-state index contributed by atoms with van der Waals surface area (Å²) in [5.74, 6) is 0.0941. The molecule has 0 saturated carbocycles. The number of hydrogen-bond donors (Lipinski definition) is 2. The highest BCUT2D eigenvalue weighted by Crippen LogP contribution is 2.12. The van der Waals surface area contributed by atoms with Gasteiger partial charge in [-0.05, 0) is 12.0 Å². The zero-order valence-electron chi connectivity index (χ0n) is 9.11. The van der Waals surface area contributed by atoms with Crippen LogP contribution in [0.2, 0.25) is 0 Å². The van der Waals surface area contributed by atoms with Crippen LogP contribution in [-0.4, -0.2) is 25.2 Å². The lowest BCUT2D eigenvalue weighted by Crippen LogP contribution is -2.13. The molecule has 4 nitrogen and oxygen atoms in total. The van der Waals surface area contributed by atoms with Gasteiger partial charge in [0.05, 0.1) is 19.3 Å². The minimum absolute atomic E-state index is 0.0941. The van der Waals surface area contributed by atoms with Crippen molar-refractivity contribution < 1.29 is 9.47 Å². The van der Waals surface area contributed by atoms with Crippen molar-refractivity contribution in [2.45, 2.75) is 19.1 Å². The van der Waals surface area contributed by atoms with Gasteiger partial charge in [-0.25, -0.2) is 0 Å². The summed E-state index contributed by atoms with van der Waals surface area (Å²) in [7, 11) is 0. The second-order valence-corrected chi connectivity index (χ2v) is 3.91. The molecule has 0 radical (unpaired) electrons. The third kappa shape index (κ3) is 2.81. The molecule has 1 atom stereocenters. The van der Waals surface area contributed by atoms with Crippen molar-refractivity contribution in [1.29, 1.82) is 5.41 Å². The van der Waals surface area contributed by atoms with Crippen LogP contribution in [0.3, 0.4) is 0 Å². The molecule has 1 aromatic rings. The van der Waals surface area contributed by atoms with Gasteiger partial charge in [0, 0.05) is 12.2 Å². The summed E-state index contributed by atoms with van der Waals surface area (Å²) in [5, 5.41) is 7.27. The molecule has 1 fully saturated rings. The van der Waals surface area contributed by atoms with Crippen molar-refractivity contribution in [2.24, 2.45) is 5.73 Å². The van der Waals surface area contributed by atoms with Gasteiger partial charge in [-0.2, -0.15) is 0 Å². The van der Waals surface area contributed by atoms with E-state index in [-0.39, 0.29) is 11.9 Å². The molecule has 0 amide bonds.